The lowest BCUT2D eigenvalue weighted by Gasteiger charge is -2.11. The summed E-state index contributed by atoms with van der Waals surface area (Å²) in [7, 11) is 1.56. The Morgan fingerprint density at radius 2 is 2.18 bits per heavy atom. The normalized spacial score (nSPS) is 11.9. The Morgan fingerprint density at radius 3 is 2.93 bits per heavy atom. The molecule has 0 saturated heterocycles. The van der Waals surface area contributed by atoms with E-state index in [1.807, 2.05) is 13.0 Å². The highest BCUT2D eigenvalue weighted by Crippen LogP contribution is 2.27. The van der Waals surface area contributed by atoms with Crippen molar-refractivity contribution in [1.82, 2.24) is 20.3 Å². The van der Waals surface area contributed by atoms with Gasteiger partial charge in [-0.05, 0) is 43.4 Å². The molecule has 3 rings (SSSR count). The van der Waals surface area contributed by atoms with Gasteiger partial charge in [-0.2, -0.15) is 0 Å². The monoisotopic (exact) mass is 399 g/mol. The molecule has 1 atom stereocenters. The van der Waals surface area contributed by atoms with Gasteiger partial charge in [-0.15, -0.1) is 6.58 Å². The van der Waals surface area contributed by atoms with Gasteiger partial charge in [0, 0.05) is 20.3 Å². The van der Waals surface area contributed by atoms with Crippen LogP contribution >= 0.6 is 12.2 Å². The first-order valence-corrected chi connectivity index (χ1v) is 9.09. The number of aromatic nitrogens is 3. The third-order valence-electron chi connectivity index (χ3n) is 3.70. The fourth-order valence-corrected chi connectivity index (χ4v) is 2.63. The fourth-order valence-electron chi connectivity index (χ4n) is 2.45. The second-order valence-corrected chi connectivity index (χ2v) is 6.05. The Balaban J connectivity index is 1.84. The van der Waals surface area contributed by atoms with Crippen LogP contribution in [0.25, 0.3) is 22.6 Å². The molecule has 0 spiro atoms. The van der Waals surface area contributed by atoms with Gasteiger partial charge in [0.05, 0.1) is 6.20 Å². The molecule has 0 aliphatic rings. The summed E-state index contributed by atoms with van der Waals surface area (Å²) in [5, 5.41) is 6.44. The number of pyridine rings is 1. The number of fused-ring (bicyclic) bond motifs is 1. The van der Waals surface area contributed by atoms with Crippen molar-refractivity contribution in [1.29, 1.82) is 0 Å². The van der Waals surface area contributed by atoms with Crippen molar-refractivity contribution in [3.8, 4) is 11.5 Å². The van der Waals surface area contributed by atoms with E-state index in [2.05, 4.69) is 32.2 Å². The zero-order valence-electron chi connectivity index (χ0n) is 15.6. The minimum Gasteiger partial charge on any atom is -0.454 e. The highest BCUT2D eigenvalue weighted by Gasteiger charge is 2.16. The van der Waals surface area contributed by atoms with Crippen LogP contribution < -0.4 is 10.6 Å². The Labute approximate surface area is 168 Å². The number of nitrogens with one attached hydrogen (secondary N) is 2. The third kappa shape index (κ3) is 4.69. The molecule has 0 saturated carbocycles. The maximum Gasteiger partial charge on any atom is 0.216 e. The third-order valence-corrected chi connectivity index (χ3v) is 3.95. The van der Waals surface area contributed by atoms with Gasteiger partial charge >= 0.3 is 0 Å². The summed E-state index contributed by atoms with van der Waals surface area (Å²) in [6.07, 6.45) is 2.79. The largest absolute Gasteiger partial charge is 0.454 e. The van der Waals surface area contributed by atoms with Gasteiger partial charge in [-0.1, -0.05) is 6.08 Å². The van der Waals surface area contributed by atoms with Gasteiger partial charge in [0.15, 0.2) is 22.3 Å². The maximum atomic E-state index is 5.83. The van der Waals surface area contributed by atoms with Crippen LogP contribution in [-0.2, 0) is 9.47 Å². The standard InChI is InChI=1S/C19H21N5O3S/c1-4-10-20-19(28)24-16-9-6-12-17(23-16)22-13(11-21-12)14-7-8-15(27-14)18(25-3)26-5-2/h4,6-9,11,18H,1,5,10H2,2-3H3,(H2,20,22,23,24,28). The zero-order chi connectivity index (χ0) is 19.9. The number of hydrogen-bond donors (Lipinski definition) is 2. The molecular weight excluding hydrogens is 378 g/mol. The van der Waals surface area contributed by atoms with Gasteiger partial charge in [0.25, 0.3) is 0 Å². The smallest absolute Gasteiger partial charge is 0.216 e. The van der Waals surface area contributed by atoms with E-state index in [0.29, 0.717) is 52.5 Å². The average molecular weight is 399 g/mol. The first kappa shape index (κ1) is 19.9. The van der Waals surface area contributed by atoms with Gasteiger partial charge in [0.2, 0.25) is 6.29 Å². The predicted molar refractivity (Wildman–Crippen MR) is 111 cm³/mol. The summed E-state index contributed by atoms with van der Waals surface area (Å²) in [5.41, 5.74) is 1.69. The molecule has 0 aliphatic carbocycles. The summed E-state index contributed by atoms with van der Waals surface area (Å²) in [5.74, 6) is 1.68. The molecule has 3 aromatic heterocycles. The van der Waals surface area contributed by atoms with Crippen LogP contribution in [0, 0.1) is 0 Å². The number of hydrogen-bond acceptors (Lipinski definition) is 7. The van der Waals surface area contributed by atoms with E-state index in [1.54, 1.807) is 37.6 Å². The van der Waals surface area contributed by atoms with Crippen molar-refractivity contribution < 1.29 is 13.9 Å². The Morgan fingerprint density at radius 1 is 1.32 bits per heavy atom. The Hall–Kier alpha value is -2.88. The molecule has 3 heterocycles. The molecule has 0 radical (unpaired) electrons. The first-order chi connectivity index (χ1) is 13.6. The van der Waals surface area contributed by atoms with E-state index in [0.717, 1.165) is 0 Å². The van der Waals surface area contributed by atoms with E-state index in [-0.39, 0.29) is 0 Å². The van der Waals surface area contributed by atoms with E-state index in [1.165, 1.54) is 0 Å². The van der Waals surface area contributed by atoms with E-state index in [9.17, 15) is 0 Å². The average Bonchev–Trinajstić information content (AvgIpc) is 3.20. The van der Waals surface area contributed by atoms with Crippen molar-refractivity contribution in [2.75, 3.05) is 25.6 Å². The van der Waals surface area contributed by atoms with Crippen molar-refractivity contribution in [3.63, 3.8) is 0 Å². The van der Waals surface area contributed by atoms with Crippen LogP contribution in [0.5, 0.6) is 0 Å². The molecule has 3 aromatic rings. The van der Waals surface area contributed by atoms with Gasteiger partial charge in [-0.3, -0.25) is 4.98 Å². The summed E-state index contributed by atoms with van der Waals surface area (Å²) < 4.78 is 16.6. The molecular formula is C19H21N5O3S. The number of nitrogens with zero attached hydrogens (tertiary/aromatic N) is 3. The van der Waals surface area contributed by atoms with Crippen molar-refractivity contribution >= 4 is 34.3 Å². The number of rotatable bonds is 8. The molecule has 28 heavy (non-hydrogen) atoms. The molecule has 8 nitrogen and oxygen atoms in total. The summed E-state index contributed by atoms with van der Waals surface area (Å²) in [4.78, 5) is 13.4. The maximum absolute atomic E-state index is 5.83. The zero-order valence-corrected chi connectivity index (χ0v) is 16.5. The van der Waals surface area contributed by atoms with Gasteiger partial charge in [-0.25, -0.2) is 9.97 Å². The summed E-state index contributed by atoms with van der Waals surface area (Å²) >= 11 is 5.20. The predicted octanol–water partition coefficient (Wildman–Crippen LogP) is 3.44. The number of ether oxygens (including phenoxy) is 2. The van der Waals surface area contributed by atoms with Crippen LogP contribution in [0.2, 0.25) is 0 Å². The Kier molecular flexibility index (Phi) is 6.64. The van der Waals surface area contributed by atoms with Crippen LogP contribution in [0.1, 0.15) is 19.0 Å². The molecule has 0 amide bonds. The molecule has 0 fully saturated rings. The molecule has 0 aliphatic heterocycles. The lowest BCUT2D eigenvalue weighted by molar-refractivity contribution is -0.134. The second kappa shape index (κ2) is 9.36. The summed E-state index contributed by atoms with van der Waals surface area (Å²) in [6.45, 7) is 6.60. The van der Waals surface area contributed by atoms with E-state index in [4.69, 9.17) is 26.1 Å². The molecule has 9 heteroatoms. The highest BCUT2D eigenvalue weighted by atomic mass is 32.1. The van der Waals surface area contributed by atoms with Gasteiger partial charge < -0.3 is 24.5 Å². The quantitative estimate of drug-likeness (QED) is 0.335. The molecule has 2 N–H and O–H groups in total. The summed E-state index contributed by atoms with van der Waals surface area (Å²) in [6, 6.07) is 7.20. The van der Waals surface area contributed by atoms with Crippen LogP contribution in [-0.4, -0.2) is 40.3 Å². The lowest BCUT2D eigenvalue weighted by Crippen LogP contribution is -2.28. The lowest BCUT2D eigenvalue weighted by atomic mass is 10.3. The molecule has 0 aromatic carbocycles. The van der Waals surface area contributed by atoms with Crippen molar-refractivity contribution in [2.45, 2.75) is 13.2 Å². The SMILES string of the molecule is C=CCNC(=S)Nc1ccc2ncc(-c3ccc(C(OC)OCC)o3)nc2n1. The second-order valence-electron chi connectivity index (χ2n) is 5.64. The minimum absolute atomic E-state index is 0.452. The van der Waals surface area contributed by atoms with Gasteiger partial charge in [0.1, 0.15) is 17.0 Å². The first-order valence-electron chi connectivity index (χ1n) is 8.68. The van der Waals surface area contributed by atoms with Crippen LogP contribution in [0.4, 0.5) is 5.82 Å². The number of thiocarbonyl (C=S) groups is 1. The molecule has 0 bridgehead atoms. The van der Waals surface area contributed by atoms with Crippen LogP contribution in [0.3, 0.4) is 0 Å². The van der Waals surface area contributed by atoms with Crippen molar-refractivity contribution in [3.05, 3.63) is 48.9 Å². The molecule has 146 valence electrons. The topological polar surface area (TPSA) is 94.3 Å². The van der Waals surface area contributed by atoms with E-state index >= 15 is 0 Å². The van der Waals surface area contributed by atoms with Crippen molar-refractivity contribution in [2.24, 2.45) is 0 Å². The fraction of sp³-hybridized carbons (Fsp3) is 0.263. The van der Waals surface area contributed by atoms with E-state index < -0.39 is 6.29 Å². The molecule has 1 unspecified atom stereocenters. The number of furan rings is 1. The number of methoxy groups -OCH3 is 1. The number of anilines is 1. The Bertz CT molecular complexity index is 975. The highest BCUT2D eigenvalue weighted by molar-refractivity contribution is 7.80. The van der Waals surface area contributed by atoms with Crippen LogP contribution in [0.15, 0.2) is 47.5 Å². The minimum atomic E-state index is -0.565.